The summed E-state index contributed by atoms with van der Waals surface area (Å²) in [6.07, 6.45) is 0. The third-order valence-corrected chi connectivity index (χ3v) is 14.2. The fourth-order valence-corrected chi connectivity index (χ4v) is 9.28. The lowest BCUT2D eigenvalue weighted by molar-refractivity contribution is 0.00578. The fourth-order valence-electron chi connectivity index (χ4n) is 8.49. The van der Waals surface area contributed by atoms with Crippen molar-refractivity contribution in [2.45, 2.75) is 144 Å². The largest absolute Gasteiger partial charge is 0.494 e. The van der Waals surface area contributed by atoms with Gasteiger partial charge in [0.05, 0.1) is 48.2 Å². The molecule has 0 atom stereocenters. The van der Waals surface area contributed by atoms with E-state index in [-0.39, 0.29) is 21.7 Å². The summed E-state index contributed by atoms with van der Waals surface area (Å²) in [4.78, 5) is 0. The molecule has 5 aromatic carbocycles. The molecule has 1 aliphatic heterocycles. The van der Waals surface area contributed by atoms with E-state index in [2.05, 4.69) is 227 Å². The normalized spacial score (nSPS) is 16.5. The summed E-state index contributed by atoms with van der Waals surface area (Å²) in [5, 5.41) is 5.09. The van der Waals surface area contributed by atoms with Crippen molar-refractivity contribution < 1.29 is 9.31 Å². The van der Waals surface area contributed by atoms with Crippen LogP contribution < -0.4 is 5.46 Å². The van der Waals surface area contributed by atoms with Gasteiger partial charge < -0.3 is 18.4 Å². The molecule has 0 spiro atoms. The summed E-state index contributed by atoms with van der Waals surface area (Å²) < 4.78 is 19.9. The SMILES string of the molecule is CC(C)(C)c1ccc2c(c1)c1cc(C(C)(C)C)ccc1n2-c1cc(B2OC(C)(C)C(C)(C)O2)cc(-n2c3ccc(C(C)(C)C)cc3c3cc(C(C)(C)C)ccc32)c1I. The minimum Gasteiger partial charge on any atom is -0.399 e. The first-order chi connectivity index (χ1) is 26.7. The van der Waals surface area contributed by atoms with Crippen molar-refractivity contribution in [2.24, 2.45) is 0 Å². The molecule has 1 aliphatic rings. The predicted octanol–water partition coefficient (Wildman–Crippen LogP) is 14.0. The maximum absolute atomic E-state index is 6.85. The number of nitrogens with zero attached hydrogens (tertiary/aromatic N) is 2. The Bertz CT molecular complexity index is 2460. The summed E-state index contributed by atoms with van der Waals surface area (Å²) in [5.41, 5.74) is 12.4. The lowest BCUT2D eigenvalue weighted by atomic mass is 9.78. The number of hydrogen-bond acceptors (Lipinski definition) is 2. The van der Waals surface area contributed by atoms with Gasteiger partial charge >= 0.3 is 7.12 Å². The monoisotopic (exact) mass is 884 g/mol. The average Bonchev–Trinajstić information content (AvgIpc) is 3.69. The molecule has 2 aromatic heterocycles. The Hall–Kier alpha value is -3.59. The third-order valence-electron chi connectivity index (χ3n) is 13.1. The summed E-state index contributed by atoms with van der Waals surface area (Å²) >= 11 is 2.62. The molecule has 8 rings (SSSR count). The molecule has 6 heteroatoms. The minimum atomic E-state index is -0.541. The van der Waals surface area contributed by atoms with Crippen molar-refractivity contribution >= 4 is 78.8 Å². The van der Waals surface area contributed by atoms with Crippen molar-refractivity contribution in [3.05, 3.63) is 111 Å². The molecule has 0 saturated carbocycles. The van der Waals surface area contributed by atoms with E-state index in [9.17, 15) is 0 Å². The molecule has 58 heavy (non-hydrogen) atoms. The second-order valence-corrected chi connectivity index (χ2v) is 23.1. The van der Waals surface area contributed by atoms with Crippen LogP contribution in [0.1, 0.15) is 133 Å². The van der Waals surface area contributed by atoms with Crippen LogP contribution in [0.25, 0.3) is 55.0 Å². The van der Waals surface area contributed by atoms with Crippen LogP contribution in [0.2, 0.25) is 0 Å². The van der Waals surface area contributed by atoms with E-state index >= 15 is 0 Å². The molecular weight excluding hydrogens is 822 g/mol. The fraction of sp³-hybridized carbons (Fsp3) is 0.423. The number of benzene rings is 5. The summed E-state index contributed by atoms with van der Waals surface area (Å²) in [6.45, 7) is 36.2. The Labute approximate surface area is 361 Å². The van der Waals surface area contributed by atoms with Gasteiger partial charge in [-0.05, 0) is 160 Å². The highest BCUT2D eigenvalue weighted by Gasteiger charge is 2.52. The first-order valence-electron chi connectivity index (χ1n) is 21.1. The Kier molecular flexibility index (Phi) is 9.37. The van der Waals surface area contributed by atoms with E-state index in [4.69, 9.17) is 9.31 Å². The van der Waals surface area contributed by atoms with Crippen LogP contribution >= 0.6 is 22.6 Å². The van der Waals surface area contributed by atoms with E-state index in [1.165, 1.54) is 65.9 Å². The van der Waals surface area contributed by atoms with Gasteiger partial charge in [0.25, 0.3) is 0 Å². The number of rotatable bonds is 3. The van der Waals surface area contributed by atoms with Crippen LogP contribution in [0.15, 0.2) is 84.9 Å². The highest BCUT2D eigenvalue weighted by Crippen LogP contribution is 2.43. The zero-order chi connectivity index (χ0) is 42.3. The molecule has 0 aliphatic carbocycles. The van der Waals surface area contributed by atoms with E-state index in [1.807, 2.05) is 0 Å². The quantitative estimate of drug-likeness (QED) is 0.131. The molecule has 0 bridgehead atoms. The molecule has 1 fully saturated rings. The molecule has 4 nitrogen and oxygen atoms in total. The lowest BCUT2D eigenvalue weighted by Crippen LogP contribution is -2.41. The highest BCUT2D eigenvalue weighted by molar-refractivity contribution is 14.1. The molecular formula is C52H62BIN2O2. The lowest BCUT2D eigenvalue weighted by Gasteiger charge is -2.32. The van der Waals surface area contributed by atoms with Crippen molar-refractivity contribution in [3.63, 3.8) is 0 Å². The molecule has 0 amide bonds. The molecule has 302 valence electrons. The van der Waals surface area contributed by atoms with Gasteiger partial charge in [-0.2, -0.15) is 0 Å². The number of aromatic nitrogens is 2. The van der Waals surface area contributed by atoms with Gasteiger partial charge in [0.15, 0.2) is 0 Å². The average molecular weight is 885 g/mol. The molecule has 0 radical (unpaired) electrons. The highest BCUT2D eigenvalue weighted by atomic mass is 127. The Morgan fingerprint density at radius 2 is 0.690 bits per heavy atom. The maximum atomic E-state index is 6.85. The van der Waals surface area contributed by atoms with Crippen LogP contribution in [0.5, 0.6) is 0 Å². The maximum Gasteiger partial charge on any atom is 0.494 e. The van der Waals surface area contributed by atoms with E-state index in [1.54, 1.807) is 0 Å². The van der Waals surface area contributed by atoms with Gasteiger partial charge in [-0.1, -0.05) is 107 Å². The van der Waals surface area contributed by atoms with Gasteiger partial charge in [-0.3, -0.25) is 0 Å². The van der Waals surface area contributed by atoms with Crippen molar-refractivity contribution in [1.82, 2.24) is 9.13 Å². The summed E-state index contributed by atoms with van der Waals surface area (Å²) in [7, 11) is -0.541. The first-order valence-corrected chi connectivity index (χ1v) is 22.1. The third kappa shape index (κ3) is 6.74. The zero-order valence-corrected chi connectivity index (χ0v) is 39.9. The minimum absolute atomic E-state index is 0.0127. The van der Waals surface area contributed by atoms with E-state index in [0.717, 1.165) is 20.4 Å². The van der Waals surface area contributed by atoms with Crippen molar-refractivity contribution in [2.75, 3.05) is 0 Å². The van der Waals surface area contributed by atoms with Crippen LogP contribution in [0, 0.1) is 3.57 Å². The second kappa shape index (κ2) is 13.2. The van der Waals surface area contributed by atoms with Gasteiger partial charge in [-0.15, -0.1) is 0 Å². The topological polar surface area (TPSA) is 28.3 Å². The van der Waals surface area contributed by atoms with Crippen molar-refractivity contribution in [1.29, 1.82) is 0 Å². The number of fused-ring (bicyclic) bond motifs is 6. The van der Waals surface area contributed by atoms with Gasteiger partial charge in [0, 0.05) is 21.5 Å². The van der Waals surface area contributed by atoms with Crippen LogP contribution in [0.4, 0.5) is 0 Å². The van der Waals surface area contributed by atoms with Gasteiger partial charge in [0.2, 0.25) is 0 Å². The smallest absolute Gasteiger partial charge is 0.399 e. The van der Waals surface area contributed by atoms with Gasteiger partial charge in [0.1, 0.15) is 0 Å². The predicted molar refractivity (Wildman–Crippen MR) is 258 cm³/mol. The summed E-state index contributed by atoms with van der Waals surface area (Å²) in [6, 6.07) is 33.0. The van der Waals surface area contributed by atoms with Gasteiger partial charge in [-0.25, -0.2) is 0 Å². The van der Waals surface area contributed by atoms with E-state index < -0.39 is 18.3 Å². The molecule has 0 N–H and O–H groups in total. The molecule has 3 heterocycles. The zero-order valence-electron chi connectivity index (χ0n) is 37.7. The van der Waals surface area contributed by atoms with Crippen LogP contribution in [-0.4, -0.2) is 27.5 Å². The Balaban J connectivity index is 1.51. The van der Waals surface area contributed by atoms with Crippen LogP contribution in [-0.2, 0) is 31.0 Å². The second-order valence-electron chi connectivity index (χ2n) is 22.1. The summed E-state index contributed by atoms with van der Waals surface area (Å²) in [5.74, 6) is 0. The number of hydrogen-bond donors (Lipinski definition) is 0. The Morgan fingerprint density at radius 3 is 0.931 bits per heavy atom. The Morgan fingerprint density at radius 1 is 0.431 bits per heavy atom. The van der Waals surface area contributed by atoms with Crippen LogP contribution in [0.3, 0.4) is 0 Å². The molecule has 0 unspecified atom stereocenters. The molecule has 7 aromatic rings. The number of halogens is 1. The van der Waals surface area contributed by atoms with E-state index in [0.29, 0.717) is 0 Å². The van der Waals surface area contributed by atoms with Crippen molar-refractivity contribution in [3.8, 4) is 11.4 Å². The standard InChI is InChI=1S/C52H62BIN2O2/c1-47(2,3)31-17-21-40-36(25-31)37-26-32(48(4,5)6)18-22-41(37)55(40)44-29-35(53-57-51(13,14)52(15,16)58-53)30-45(46(44)54)56-42-23-19-33(49(7,8)9)27-38(42)39-28-34(50(10,11)12)20-24-43(39)56/h17-30H,1-16H3. The molecule has 1 saturated heterocycles. The first kappa shape index (κ1) is 41.2.